The van der Waals surface area contributed by atoms with E-state index < -0.39 is 9.84 Å². The molecule has 0 saturated heterocycles. The van der Waals surface area contributed by atoms with Crippen LogP contribution in [0.1, 0.15) is 12.0 Å². The fourth-order valence-electron chi connectivity index (χ4n) is 1.50. The summed E-state index contributed by atoms with van der Waals surface area (Å²) in [6, 6.07) is 5.56. The quantitative estimate of drug-likeness (QED) is 0.879. The topological polar surface area (TPSA) is 89.0 Å². The molecule has 8 heteroatoms. The van der Waals surface area contributed by atoms with Gasteiger partial charge < -0.3 is 5.32 Å². The summed E-state index contributed by atoms with van der Waals surface area (Å²) in [5.74, 6) is -0.407. The van der Waals surface area contributed by atoms with Gasteiger partial charge in [0.25, 0.3) is 0 Å². The monoisotopic (exact) mass is 299 g/mol. The Morgan fingerprint density at radius 3 is 2.79 bits per heavy atom. The van der Waals surface area contributed by atoms with Crippen LogP contribution in [0.2, 0.25) is 0 Å². The molecule has 6 nitrogen and oxygen atoms in total. The maximum atomic E-state index is 11.5. The number of nitrogens with zero attached hydrogens (tertiary/aromatic N) is 2. The largest absolute Gasteiger partial charge is 0.352 e. The van der Waals surface area contributed by atoms with Crippen molar-refractivity contribution < 1.29 is 13.2 Å². The summed E-state index contributed by atoms with van der Waals surface area (Å²) in [7, 11) is -3.10. The Morgan fingerprint density at radius 2 is 2.05 bits per heavy atom. The Bertz CT molecular complexity index is 694. The number of hydrogen-bond acceptors (Lipinski definition) is 6. The van der Waals surface area contributed by atoms with Crippen LogP contribution in [0, 0.1) is 0 Å². The lowest BCUT2D eigenvalue weighted by molar-refractivity contribution is -0.120. The van der Waals surface area contributed by atoms with E-state index in [9.17, 15) is 13.2 Å². The van der Waals surface area contributed by atoms with Gasteiger partial charge in [-0.15, -0.1) is 0 Å². The Labute approximate surface area is 115 Å². The van der Waals surface area contributed by atoms with Crippen LogP contribution in [0.25, 0.3) is 11.0 Å². The molecule has 102 valence electrons. The zero-order chi connectivity index (χ0) is 13.9. The minimum Gasteiger partial charge on any atom is -0.352 e. The molecule has 2 aromatic rings. The summed E-state index contributed by atoms with van der Waals surface area (Å²) in [5, 5.41) is 2.68. The molecule has 0 bridgehead atoms. The van der Waals surface area contributed by atoms with Gasteiger partial charge in [0.05, 0.1) is 17.5 Å². The van der Waals surface area contributed by atoms with Gasteiger partial charge in [-0.1, -0.05) is 6.07 Å². The van der Waals surface area contributed by atoms with Gasteiger partial charge in [0, 0.05) is 19.2 Å². The number of hydrogen-bond donors (Lipinski definition) is 1. The molecule has 0 atom stereocenters. The molecule has 1 aromatic heterocycles. The normalized spacial score (nSPS) is 11.6. The Kier molecular flexibility index (Phi) is 4.11. The second kappa shape index (κ2) is 5.62. The standard InChI is InChI=1S/C11H13N3O3S2/c1-19(16,17)5-4-11(15)12-7-8-2-3-9-10(6-8)14-18-13-9/h2-3,6H,4-5,7H2,1H3,(H,12,15). The molecule has 0 radical (unpaired) electrons. The van der Waals surface area contributed by atoms with Crippen LogP contribution < -0.4 is 5.32 Å². The zero-order valence-electron chi connectivity index (χ0n) is 10.3. The lowest BCUT2D eigenvalue weighted by Gasteiger charge is -2.04. The van der Waals surface area contributed by atoms with Crippen LogP contribution in [0.3, 0.4) is 0 Å². The number of rotatable bonds is 5. The van der Waals surface area contributed by atoms with E-state index in [1.165, 1.54) is 0 Å². The molecular formula is C11H13N3O3S2. The van der Waals surface area contributed by atoms with E-state index in [4.69, 9.17) is 0 Å². The summed E-state index contributed by atoms with van der Waals surface area (Å²) in [4.78, 5) is 11.5. The molecule has 19 heavy (non-hydrogen) atoms. The first kappa shape index (κ1) is 13.9. The first-order valence-electron chi connectivity index (χ1n) is 5.60. The van der Waals surface area contributed by atoms with Gasteiger partial charge >= 0.3 is 0 Å². The number of benzene rings is 1. The van der Waals surface area contributed by atoms with Crippen molar-refractivity contribution in [3.8, 4) is 0 Å². The maximum Gasteiger partial charge on any atom is 0.221 e. The molecule has 0 aliphatic heterocycles. The van der Waals surface area contributed by atoms with E-state index in [-0.39, 0.29) is 18.1 Å². The molecule has 0 saturated carbocycles. The number of sulfone groups is 1. The maximum absolute atomic E-state index is 11.5. The number of nitrogens with one attached hydrogen (secondary N) is 1. The highest BCUT2D eigenvalue weighted by molar-refractivity contribution is 7.90. The molecule has 2 rings (SSSR count). The lowest BCUT2D eigenvalue weighted by atomic mass is 10.2. The van der Waals surface area contributed by atoms with Gasteiger partial charge in [0.1, 0.15) is 20.9 Å². The first-order valence-corrected chi connectivity index (χ1v) is 8.39. The number of carbonyl (C=O) groups excluding carboxylic acids is 1. The Morgan fingerprint density at radius 1 is 1.32 bits per heavy atom. The van der Waals surface area contributed by atoms with E-state index in [2.05, 4.69) is 14.1 Å². The summed E-state index contributed by atoms with van der Waals surface area (Å²) in [6.07, 6.45) is 1.10. The minimum absolute atomic E-state index is 0.0145. The second-order valence-electron chi connectivity index (χ2n) is 4.24. The van der Waals surface area contributed by atoms with Gasteiger partial charge in [0.15, 0.2) is 0 Å². The minimum atomic E-state index is -3.10. The number of aromatic nitrogens is 2. The molecule has 0 fully saturated rings. The van der Waals surface area contributed by atoms with Gasteiger partial charge in [-0.25, -0.2) is 8.42 Å². The van der Waals surface area contributed by atoms with Crippen LogP contribution in [-0.2, 0) is 21.2 Å². The van der Waals surface area contributed by atoms with Crippen molar-refractivity contribution in [3.05, 3.63) is 23.8 Å². The molecule has 1 amide bonds. The van der Waals surface area contributed by atoms with Crippen LogP contribution in [0.4, 0.5) is 0 Å². The number of carbonyl (C=O) groups is 1. The van der Waals surface area contributed by atoms with Gasteiger partial charge in [-0.3, -0.25) is 4.79 Å². The summed E-state index contributed by atoms with van der Waals surface area (Å²) in [6.45, 7) is 0.357. The van der Waals surface area contributed by atoms with E-state index >= 15 is 0 Å². The van der Waals surface area contributed by atoms with Crippen molar-refractivity contribution in [2.24, 2.45) is 0 Å². The van der Waals surface area contributed by atoms with Gasteiger partial charge in [-0.05, 0) is 17.7 Å². The van der Waals surface area contributed by atoms with Crippen molar-refractivity contribution in [2.75, 3.05) is 12.0 Å². The summed E-state index contributed by atoms with van der Waals surface area (Å²) < 4.78 is 30.1. The van der Waals surface area contributed by atoms with Crippen molar-refractivity contribution in [1.29, 1.82) is 0 Å². The molecule has 0 aliphatic rings. The highest BCUT2D eigenvalue weighted by Crippen LogP contribution is 2.13. The molecular weight excluding hydrogens is 286 g/mol. The van der Waals surface area contributed by atoms with Crippen LogP contribution in [0.5, 0.6) is 0 Å². The SMILES string of the molecule is CS(=O)(=O)CCC(=O)NCc1ccc2nsnc2c1. The second-order valence-corrected chi connectivity index (χ2v) is 7.03. The molecule has 0 aliphatic carbocycles. The third kappa shape index (κ3) is 4.25. The Hall–Kier alpha value is -1.54. The number of amides is 1. The first-order chi connectivity index (χ1) is 8.94. The Balaban J connectivity index is 1.89. The van der Waals surface area contributed by atoms with Crippen molar-refractivity contribution in [1.82, 2.24) is 14.1 Å². The number of fused-ring (bicyclic) bond motifs is 1. The summed E-state index contributed by atoms with van der Waals surface area (Å²) in [5.41, 5.74) is 2.54. The van der Waals surface area contributed by atoms with Crippen LogP contribution >= 0.6 is 11.7 Å². The molecule has 1 aromatic carbocycles. The molecule has 0 spiro atoms. The van der Waals surface area contributed by atoms with E-state index in [1.807, 2.05) is 18.2 Å². The van der Waals surface area contributed by atoms with Gasteiger partial charge in [-0.2, -0.15) is 8.75 Å². The fourth-order valence-corrected chi connectivity index (χ4v) is 2.58. The van der Waals surface area contributed by atoms with Crippen LogP contribution in [-0.4, -0.2) is 35.1 Å². The fraction of sp³-hybridized carbons (Fsp3) is 0.364. The smallest absolute Gasteiger partial charge is 0.221 e. The predicted molar refractivity (Wildman–Crippen MR) is 73.6 cm³/mol. The molecule has 0 unspecified atom stereocenters. The third-order valence-corrected chi connectivity index (χ3v) is 4.01. The predicted octanol–water partition coefficient (Wildman–Crippen LogP) is 0.742. The third-order valence-electron chi connectivity index (χ3n) is 2.51. The lowest BCUT2D eigenvalue weighted by Crippen LogP contribution is -2.24. The van der Waals surface area contributed by atoms with Crippen molar-refractivity contribution in [3.63, 3.8) is 0 Å². The highest BCUT2D eigenvalue weighted by Gasteiger charge is 2.08. The van der Waals surface area contributed by atoms with Crippen molar-refractivity contribution >= 4 is 38.5 Å². The van der Waals surface area contributed by atoms with Crippen LogP contribution in [0.15, 0.2) is 18.2 Å². The molecule has 1 N–H and O–H groups in total. The average Bonchev–Trinajstić information content (AvgIpc) is 2.80. The molecule has 1 heterocycles. The van der Waals surface area contributed by atoms with E-state index in [1.54, 1.807) is 0 Å². The van der Waals surface area contributed by atoms with E-state index in [0.717, 1.165) is 34.6 Å². The van der Waals surface area contributed by atoms with E-state index in [0.29, 0.717) is 6.54 Å². The average molecular weight is 299 g/mol. The highest BCUT2D eigenvalue weighted by atomic mass is 32.2. The van der Waals surface area contributed by atoms with Gasteiger partial charge in [0.2, 0.25) is 5.91 Å². The summed E-state index contributed by atoms with van der Waals surface area (Å²) >= 11 is 1.14. The van der Waals surface area contributed by atoms with Crippen molar-refractivity contribution in [2.45, 2.75) is 13.0 Å². The zero-order valence-corrected chi connectivity index (χ0v) is 11.9.